The molecule has 0 fully saturated rings. The van der Waals surface area contributed by atoms with Gasteiger partial charge in [0.05, 0.1) is 7.14 Å². The molecule has 0 aliphatic carbocycles. The zero-order valence-corrected chi connectivity index (χ0v) is 10.3. The molecule has 0 N–H and O–H groups in total. The van der Waals surface area contributed by atoms with Crippen molar-refractivity contribution in [1.82, 2.24) is 0 Å². The molecule has 0 amide bonds. The van der Waals surface area contributed by atoms with Crippen LogP contribution < -0.4 is 4.74 Å². The maximum absolute atomic E-state index is 12.8. The topological polar surface area (TPSA) is 9.23 Å². The molecule has 6 heteroatoms. The summed E-state index contributed by atoms with van der Waals surface area (Å²) >= 11 is 3.44. The molecule has 1 rings (SSSR count). The lowest BCUT2D eigenvalue weighted by Gasteiger charge is -2.07. The fourth-order valence-electron chi connectivity index (χ4n) is 0.691. The molecule has 13 heavy (non-hydrogen) atoms. The monoisotopic (exact) mass is 414 g/mol. The molecule has 0 aliphatic rings. The summed E-state index contributed by atoms with van der Waals surface area (Å²) in [6, 6.07) is 2.39. The number of hydrogen-bond acceptors (Lipinski definition) is 1. The molecule has 0 spiro atoms. The third-order valence-corrected chi connectivity index (χ3v) is 2.86. The Morgan fingerprint density at radius 2 is 1.77 bits per heavy atom. The van der Waals surface area contributed by atoms with Crippen LogP contribution in [0, 0.1) is 13.0 Å². The molecule has 0 radical (unpaired) electrons. The molecule has 1 nitrogen and oxygen atoms in total. The van der Waals surface area contributed by atoms with Gasteiger partial charge in [0.2, 0.25) is 0 Å². The van der Waals surface area contributed by atoms with E-state index in [-0.39, 0.29) is 9.32 Å². The van der Waals surface area contributed by atoms with Crippen molar-refractivity contribution < 1.29 is 17.9 Å². The Kier molecular flexibility index (Phi) is 4.07. The molecule has 1 aromatic carbocycles. The Labute approximate surface area is 99.9 Å². The molecular formula is C7H3F3I2O. The lowest BCUT2D eigenvalue weighted by Crippen LogP contribution is -2.04. The van der Waals surface area contributed by atoms with E-state index < -0.39 is 12.4 Å². The van der Waals surface area contributed by atoms with Crippen LogP contribution in [0.2, 0.25) is 0 Å². The highest BCUT2D eigenvalue weighted by Crippen LogP contribution is 2.26. The highest BCUT2D eigenvalue weighted by molar-refractivity contribution is 14.1. The van der Waals surface area contributed by atoms with Crippen LogP contribution in [0.25, 0.3) is 0 Å². The lowest BCUT2D eigenvalue weighted by molar-refractivity contribution is -0.0505. The van der Waals surface area contributed by atoms with E-state index in [1.54, 1.807) is 45.2 Å². The van der Waals surface area contributed by atoms with Crippen LogP contribution in [0.15, 0.2) is 12.1 Å². The average Bonchev–Trinajstić information content (AvgIpc) is 1.99. The minimum absolute atomic E-state index is 0.00130. The molecule has 0 aliphatic heterocycles. The fourth-order valence-corrected chi connectivity index (χ4v) is 1.69. The van der Waals surface area contributed by atoms with Crippen molar-refractivity contribution in [3.8, 4) is 5.75 Å². The van der Waals surface area contributed by atoms with Crippen LogP contribution in [0.4, 0.5) is 13.2 Å². The predicted octanol–water partition coefficient (Wildman–Crippen LogP) is 3.64. The third kappa shape index (κ3) is 3.15. The van der Waals surface area contributed by atoms with E-state index >= 15 is 0 Å². The van der Waals surface area contributed by atoms with Gasteiger partial charge in [0.25, 0.3) is 0 Å². The largest absolute Gasteiger partial charge is 0.434 e. The Hall–Kier alpha value is 0.270. The van der Waals surface area contributed by atoms with E-state index in [0.717, 1.165) is 6.07 Å². The number of alkyl halides is 2. The molecule has 0 saturated heterocycles. The number of ether oxygens (including phenoxy) is 1. The van der Waals surface area contributed by atoms with Gasteiger partial charge in [-0.2, -0.15) is 8.78 Å². The van der Waals surface area contributed by atoms with Crippen LogP contribution in [-0.4, -0.2) is 6.61 Å². The zero-order chi connectivity index (χ0) is 10.0. The van der Waals surface area contributed by atoms with Gasteiger partial charge >= 0.3 is 6.61 Å². The van der Waals surface area contributed by atoms with Gasteiger partial charge in [-0.25, -0.2) is 4.39 Å². The van der Waals surface area contributed by atoms with Crippen LogP contribution >= 0.6 is 45.2 Å². The Morgan fingerprint density at radius 1 is 1.15 bits per heavy atom. The zero-order valence-electron chi connectivity index (χ0n) is 6.03. The maximum atomic E-state index is 12.8. The summed E-state index contributed by atoms with van der Waals surface area (Å²) in [7, 11) is 0. The number of rotatable bonds is 2. The van der Waals surface area contributed by atoms with Gasteiger partial charge in [0.15, 0.2) is 0 Å². The summed E-state index contributed by atoms with van der Waals surface area (Å²) < 4.78 is 41.2. The van der Waals surface area contributed by atoms with Gasteiger partial charge in [-0.3, -0.25) is 0 Å². The molecule has 0 saturated carbocycles. The van der Waals surface area contributed by atoms with Crippen LogP contribution in [-0.2, 0) is 0 Å². The Balaban J connectivity index is 3.01. The molecular weight excluding hydrogens is 411 g/mol. The van der Waals surface area contributed by atoms with Crippen molar-refractivity contribution in [1.29, 1.82) is 0 Å². The summed E-state index contributed by atoms with van der Waals surface area (Å²) in [5.74, 6) is -0.437. The minimum atomic E-state index is -2.88. The second-order valence-corrected chi connectivity index (χ2v) is 4.40. The van der Waals surface area contributed by atoms with Gasteiger partial charge in [0.1, 0.15) is 11.6 Å². The van der Waals surface area contributed by atoms with E-state index in [2.05, 4.69) is 4.74 Å². The van der Waals surface area contributed by atoms with Crippen molar-refractivity contribution in [2.24, 2.45) is 0 Å². The molecule has 1 aromatic rings. The average molecular weight is 414 g/mol. The highest BCUT2D eigenvalue weighted by Gasteiger charge is 2.11. The Morgan fingerprint density at radius 3 is 2.31 bits per heavy atom. The predicted molar refractivity (Wildman–Crippen MR) is 58.5 cm³/mol. The summed E-state index contributed by atoms with van der Waals surface area (Å²) in [5, 5.41) is 0. The van der Waals surface area contributed by atoms with Crippen LogP contribution in [0.1, 0.15) is 0 Å². The second kappa shape index (κ2) is 4.67. The normalized spacial score (nSPS) is 10.6. The van der Waals surface area contributed by atoms with E-state index in [1.807, 2.05) is 0 Å². The SMILES string of the molecule is Fc1cc(I)c(OC(F)F)cc1I. The first kappa shape index (κ1) is 11.3. The molecule has 0 heterocycles. The van der Waals surface area contributed by atoms with Crippen molar-refractivity contribution >= 4 is 45.2 Å². The number of halogens is 5. The molecule has 0 aromatic heterocycles. The van der Waals surface area contributed by atoms with Crippen LogP contribution in [0.5, 0.6) is 5.75 Å². The van der Waals surface area contributed by atoms with Gasteiger partial charge in [-0.1, -0.05) is 0 Å². The summed E-state index contributed by atoms with van der Waals surface area (Å²) in [6.45, 7) is -2.88. The van der Waals surface area contributed by atoms with Gasteiger partial charge < -0.3 is 4.74 Å². The molecule has 72 valence electrons. The highest BCUT2D eigenvalue weighted by atomic mass is 127. The molecule has 0 unspecified atom stereocenters. The summed E-state index contributed by atoms with van der Waals surface area (Å²) in [6.07, 6.45) is 0. The second-order valence-electron chi connectivity index (χ2n) is 2.08. The minimum Gasteiger partial charge on any atom is -0.434 e. The van der Waals surface area contributed by atoms with Crippen molar-refractivity contribution in [2.45, 2.75) is 6.61 Å². The van der Waals surface area contributed by atoms with Gasteiger partial charge in [-0.05, 0) is 57.3 Å². The van der Waals surface area contributed by atoms with E-state index in [0.29, 0.717) is 3.57 Å². The van der Waals surface area contributed by atoms with Crippen LogP contribution in [0.3, 0.4) is 0 Å². The summed E-state index contributed by atoms with van der Waals surface area (Å²) in [5.41, 5.74) is 0. The van der Waals surface area contributed by atoms with Crippen molar-refractivity contribution in [3.63, 3.8) is 0 Å². The maximum Gasteiger partial charge on any atom is 0.387 e. The fraction of sp³-hybridized carbons (Fsp3) is 0.143. The Bertz CT molecular complexity index is 317. The van der Waals surface area contributed by atoms with Gasteiger partial charge in [-0.15, -0.1) is 0 Å². The lowest BCUT2D eigenvalue weighted by atomic mass is 10.3. The van der Waals surface area contributed by atoms with Gasteiger partial charge in [0, 0.05) is 0 Å². The smallest absolute Gasteiger partial charge is 0.387 e. The third-order valence-electron chi connectivity index (χ3n) is 1.19. The van der Waals surface area contributed by atoms with Crippen molar-refractivity contribution in [2.75, 3.05) is 0 Å². The van der Waals surface area contributed by atoms with E-state index in [4.69, 9.17) is 0 Å². The quantitative estimate of drug-likeness (QED) is 0.531. The number of benzene rings is 1. The standard InChI is InChI=1S/C7H3F3I2O/c8-3-1-5(12)6(2-4(3)11)13-7(9)10/h1-2,7H. The van der Waals surface area contributed by atoms with Crippen molar-refractivity contribution in [3.05, 3.63) is 25.1 Å². The van der Waals surface area contributed by atoms with E-state index in [9.17, 15) is 13.2 Å². The first-order valence-electron chi connectivity index (χ1n) is 3.10. The molecule has 0 atom stereocenters. The molecule has 0 bridgehead atoms. The first-order chi connectivity index (χ1) is 6.00. The summed E-state index contributed by atoms with van der Waals surface area (Å²) in [4.78, 5) is 0. The first-order valence-corrected chi connectivity index (χ1v) is 5.26. The van der Waals surface area contributed by atoms with E-state index in [1.165, 1.54) is 6.07 Å². The number of hydrogen-bond donors (Lipinski definition) is 0.